The van der Waals surface area contributed by atoms with Gasteiger partial charge in [-0.25, -0.2) is 0 Å². The van der Waals surface area contributed by atoms with Gasteiger partial charge in [-0.2, -0.15) is 0 Å². The summed E-state index contributed by atoms with van der Waals surface area (Å²) in [5.41, 5.74) is 1.17. The maximum Gasteiger partial charge on any atom is 0.0718 e. The van der Waals surface area contributed by atoms with Crippen LogP contribution in [0.2, 0.25) is 0 Å². The quantitative estimate of drug-likeness (QED) is 0.626. The first-order valence-corrected chi connectivity index (χ1v) is 9.78. The topological polar surface area (TPSA) is 24.9 Å². The Bertz CT molecular complexity index is 450. The summed E-state index contributed by atoms with van der Waals surface area (Å²) in [5.74, 6) is 1.60. The Balaban J connectivity index is 2.20. The third kappa shape index (κ3) is 4.77. The zero-order chi connectivity index (χ0) is 15.2. The van der Waals surface area contributed by atoms with Gasteiger partial charge in [0, 0.05) is 15.1 Å². The van der Waals surface area contributed by atoms with Gasteiger partial charge >= 0.3 is 0 Å². The maximum absolute atomic E-state index is 4.70. The molecule has 1 heterocycles. The molecule has 1 aromatic heterocycles. The van der Waals surface area contributed by atoms with E-state index in [1.165, 1.54) is 37.8 Å². The molecular weight excluding hydrogens is 392 g/mol. The lowest BCUT2D eigenvalue weighted by molar-refractivity contribution is 0.206. The first-order chi connectivity index (χ1) is 10.2. The van der Waals surface area contributed by atoms with E-state index in [2.05, 4.69) is 57.1 Å². The Morgan fingerprint density at radius 2 is 2.14 bits per heavy atom. The lowest BCUT2D eigenvalue weighted by atomic mass is 9.76. The van der Waals surface area contributed by atoms with Gasteiger partial charge in [0.2, 0.25) is 0 Å². The molecule has 4 heteroatoms. The van der Waals surface area contributed by atoms with Crippen molar-refractivity contribution < 1.29 is 0 Å². The van der Waals surface area contributed by atoms with Gasteiger partial charge in [0.1, 0.15) is 0 Å². The smallest absolute Gasteiger partial charge is 0.0718 e. The van der Waals surface area contributed by atoms with Crippen LogP contribution in [0.3, 0.4) is 0 Å². The maximum atomic E-state index is 4.70. The van der Waals surface area contributed by atoms with Gasteiger partial charge in [-0.05, 0) is 75.6 Å². The Morgan fingerprint density at radius 3 is 2.81 bits per heavy atom. The Hall–Kier alpha value is 0.0700. The van der Waals surface area contributed by atoms with Crippen LogP contribution in [0.5, 0.6) is 0 Å². The molecule has 1 saturated carbocycles. The third-order valence-corrected chi connectivity index (χ3v) is 5.69. The summed E-state index contributed by atoms with van der Waals surface area (Å²) in [7, 11) is 0. The molecule has 0 amide bonds. The Morgan fingerprint density at radius 1 is 1.33 bits per heavy atom. The highest BCUT2D eigenvalue weighted by atomic mass is 79.9. The summed E-state index contributed by atoms with van der Waals surface area (Å²) in [6.45, 7) is 5.61. The van der Waals surface area contributed by atoms with E-state index in [0.717, 1.165) is 27.8 Å². The van der Waals surface area contributed by atoms with Crippen molar-refractivity contribution >= 4 is 31.9 Å². The largest absolute Gasteiger partial charge is 0.308 e. The van der Waals surface area contributed by atoms with Crippen LogP contribution in [0.15, 0.2) is 21.2 Å². The minimum atomic E-state index is 0.377. The number of hydrogen-bond acceptors (Lipinski definition) is 2. The molecule has 1 N–H and O–H groups in total. The fourth-order valence-electron chi connectivity index (χ4n) is 3.45. The standard InChI is InChI=1S/C17H26Br2N2/c1-3-8-20-16(13-7-5-6-12(4-2)9-13)17-15(19)10-14(18)11-21-17/h10-13,16,20H,3-9H2,1-2H3. The number of hydrogen-bond donors (Lipinski definition) is 1. The van der Waals surface area contributed by atoms with Crippen LogP contribution in [0.4, 0.5) is 0 Å². The molecule has 2 rings (SSSR count). The van der Waals surface area contributed by atoms with Crippen molar-refractivity contribution in [2.75, 3.05) is 6.54 Å². The Labute approximate surface area is 145 Å². The Kier molecular flexibility index (Phi) is 7.17. The van der Waals surface area contributed by atoms with E-state index in [-0.39, 0.29) is 0 Å². The van der Waals surface area contributed by atoms with Crippen LogP contribution < -0.4 is 5.32 Å². The molecule has 1 aliphatic carbocycles. The molecular formula is C17H26Br2N2. The minimum Gasteiger partial charge on any atom is -0.308 e. The molecule has 0 aliphatic heterocycles. The van der Waals surface area contributed by atoms with Crippen molar-refractivity contribution in [1.29, 1.82) is 0 Å². The lowest BCUT2D eigenvalue weighted by Crippen LogP contribution is -2.33. The summed E-state index contributed by atoms with van der Waals surface area (Å²) < 4.78 is 2.14. The molecule has 21 heavy (non-hydrogen) atoms. The van der Waals surface area contributed by atoms with Gasteiger partial charge in [-0.1, -0.05) is 33.1 Å². The number of pyridine rings is 1. The number of aromatic nitrogens is 1. The molecule has 0 radical (unpaired) electrons. The number of nitrogens with one attached hydrogen (secondary N) is 1. The van der Waals surface area contributed by atoms with Gasteiger partial charge in [0.05, 0.1) is 11.7 Å². The van der Waals surface area contributed by atoms with Crippen LogP contribution in [-0.4, -0.2) is 11.5 Å². The fourth-order valence-corrected chi connectivity index (χ4v) is 4.68. The molecule has 0 spiro atoms. The second kappa shape index (κ2) is 8.64. The van der Waals surface area contributed by atoms with Crippen LogP contribution >= 0.6 is 31.9 Å². The van der Waals surface area contributed by atoms with Crippen molar-refractivity contribution in [3.05, 3.63) is 26.9 Å². The minimum absolute atomic E-state index is 0.377. The van der Waals surface area contributed by atoms with Crippen LogP contribution in [0.1, 0.15) is 64.1 Å². The molecule has 1 aromatic rings. The van der Waals surface area contributed by atoms with Crippen molar-refractivity contribution in [2.24, 2.45) is 11.8 Å². The molecule has 3 atom stereocenters. The zero-order valence-electron chi connectivity index (χ0n) is 13.0. The normalized spacial score (nSPS) is 24.0. The van der Waals surface area contributed by atoms with Crippen molar-refractivity contribution in [2.45, 2.75) is 58.4 Å². The first kappa shape index (κ1) is 17.4. The van der Waals surface area contributed by atoms with Gasteiger partial charge in [-0.3, -0.25) is 4.98 Å². The van der Waals surface area contributed by atoms with Gasteiger partial charge in [0.15, 0.2) is 0 Å². The summed E-state index contributed by atoms with van der Waals surface area (Å²) >= 11 is 7.21. The average Bonchev–Trinajstić information content (AvgIpc) is 2.49. The van der Waals surface area contributed by atoms with Crippen molar-refractivity contribution in [3.8, 4) is 0 Å². The van der Waals surface area contributed by atoms with E-state index < -0.39 is 0 Å². The summed E-state index contributed by atoms with van der Waals surface area (Å²) in [5, 5.41) is 3.75. The molecule has 2 nitrogen and oxygen atoms in total. The molecule has 0 aromatic carbocycles. The van der Waals surface area contributed by atoms with E-state index in [4.69, 9.17) is 4.98 Å². The number of rotatable bonds is 6. The predicted octanol–water partition coefficient (Wildman–Crippen LogP) is 5.86. The molecule has 1 aliphatic rings. The third-order valence-electron chi connectivity index (χ3n) is 4.62. The van der Waals surface area contributed by atoms with Crippen molar-refractivity contribution in [3.63, 3.8) is 0 Å². The molecule has 3 unspecified atom stereocenters. The van der Waals surface area contributed by atoms with Crippen molar-refractivity contribution in [1.82, 2.24) is 10.3 Å². The van der Waals surface area contributed by atoms with E-state index in [1.807, 2.05) is 6.20 Å². The van der Waals surface area contributed by atoms with E-state index in [9.17, 15) is 0 Å². The number of halogens is 2. The highest BCUT2D eigenvalue weighted by Gasteiger charge is 2.30. The van der Waals surface area contributed by atoms with Gasteiger partial charge < -0.3 is 5.32 Å². The summed E-state index contributed by atoms with van der Waals surface area (Å²) in [4.78, 5) is 4.70. The monoisotopic (exact) mass is 416 g/mol. The first-order valence-electron chi connectivity index (χ1n) is 8.20. The van der Waals surface area contributed by atoms with E-state index in [1.54, 1.807) is 0 Å². The predicted molar refractivity (Wildman–Crippen MR) is 96.4 cm³/mol. The van der Waals surface area contributed by atoms with Crippen LogP contribution in [-0.2, 0) is 0 Å². The highest BCUT2D eigenvalue weighted by Crippen LogP contribution is 2.40. The number of nitrogens with zero attached hydrogens (tertiary/aromatic N) is 1. The van der Waals surface area contributed by atoms with Gasteiger partial charge in [-0.15, -0.1) is 0 Å². The molecule has 0 saturated heterocycles. The fraction of sp³-hybridized carbons (Fsp3) is 0.706. The second-order valence-electron chi connectivity index (χ2n) is 6.15. The summed E-state index contributed by atoms with van der Waals surface area (Å²) in [6.07, 6.45) is 9.82. The van der Waals surface area contributed by atoms with E-state index in [0.29, 0.717) is 12.0 Å². The molecule has 0 bridgehead atoms. The van der Waals surface area contributed by atoms with Crippen LogP contribution in [0.25, 0.3) is 0 Å². The zero-order valence-corrected chi connectivity index (χ0v) is 16.2. The van der Waals surface area contributed by atoms with Gasteiger partial charge in [0.25, 0.3) is 0 Å². The summed E-state index contributed by atoms with van der Waals surface area (Å²) in [6, 6.07) is 2.49. The second-order valence-corrected chi connectivity index (χ2v) is 7.92. The highest BCUT2D eigenvalue weighted by molar-refractivity contribution is 9.11. The van der Waals surface area contributed by atoms with E-state index >= 15 is 0 Å². The average molecular weight is 418 g/mol. The molecule has 118 valence electrons. The molecule has 1 fully saturated rings. The lowest BCUT2D eigenvalue weighted by Gasteiger charge is -2.35. The van der Waals surface area contributed by atoms with Crippen LogP contribution in [0, 0.1) is 11.8 Å². The SMILES string of the molecule is CCCNC(c1ncc(Br)cc1Br)C1CCCC(CC)C1.